The van der Waals surface area contributed by atoms with Gasteiger partial charge in [-0.15, -0.1) is 0 Å². The summed E-state index contributed by atoms with van der Waals surface area (Å²) in [6.45, 7) is 11.7. The van der Waals surface area contributed by atoms with Gasteiger partial charge in [-0.25, -0.2) is 4.79 Å². The van der Waals surface area contributed by atoms with Gasteiger partial charge in [0, 0.05) is 13.6 Å². The topological polar surface area (TPSA) is 108 Å². The van der Waals surface area contributed by atoms with Gasteiger partial charge >= 0.3 is 6.09 Å². The lowest BCUT2D eigenvalue weighted by molar-refractivity contribution is -0.141. The average Bonchev–Trinajstić information content (AvgIpc) is 2.67. The van der Waals surface area contributed by atoms with E-state index in [-0.39, 0.29) is 17.6 Å². The number of carbonyl (C=O) groups is 3. The average molecular weight is 450 g/mol. The Hall–Kier alpha value is -2.77. The highest BCUT2D eigenvalue weighted by atomic mass is 16.6. The molecule has 8 nitrogen and oxygen atoms in total. The Bertz CT molecular complexity index is 756. The van der Waals surface area contributed by atoms with Gasteiger partial charge in [-0.05, 0) is 57.2 Å². The number of alkyl carbamates (subject to hydrolysis) is 1. The van der Waals surface area contributed by atoms with Gasteiger partial charge < -0.3 is 25.4 Å². The number of hydrogen-bond donors (Lipinski definition) is 3. The molecule has 1 aromatic rings. The molecule has 0 fully saturated rings. The van der Waals surface area contributed by atoms with Gasteiger partial charge in [-0.1, -0.05) is 39.3 Å². The number of hydrogen-bond acceptors (Lipinski definition) is 5. The van der Waals surface area contributed by atoms with E-state index in [1.54, 1.807) is 40.0 Å². The van der Waals surface area contributed by atoms with Crippen molar-refractivity contribution in [3.05, 3.63) is 29.8 Å². The lowest BCUT2D eigenvalue weighted by atomic mass is 9.99. The van der Waals surface area contributed by atoms with E-state index in [0.29, 0.717) is 18.5 Å². The molecule has 1 rings (SSSR count). The molecule has 0 heterocycles. The third-order valence-corrected chi connectivity index (χ3v) is 4.72. The van der Waals surface area contributed by atoms with Crippen LogP contribution in [0.2, 0.25) is 0 Å². The minimum atomic E-state index is -0.907. The van der Waals surface area contributed by atoms with Crippen LogP contribution in [0.4, 0.5) is 4.79 Å². The summed E-state index contributed by atoms with van der Waals surface area (Å²) in [5, 5.41) is 15.2. The fraction of sp³-hybridized carbons (Fsp3) is 0.625. The smallest absolute Gasteiger partial charge is 0.408 e. The number of benzene rings is 1. The largest absolute Gasteiger partial charge is 0.508 e. The molecule has 0 radical (unpaired) electrons. The van der Waals surface area contributed by atoms with Crippen LogP contribution in [0.25, 0.3) is 0 Å². The zero-order valence-corrected chi connectivity index (χ0v) is 20.4. The van der Waals surface area contributed by atoms with Gasteiger partial charge in [0.25, 0.3) is 0 Å². The number of likely N-dealkylation sites (N-methyl/N-ethyl adjacent to an activating group) is 1. The number of amides is 3. The molecule has 0 saturated carbocycles. The Morgan fingerprint density at radius 1 is 1.12 bits per heavy atom. The number of rotatable bonds is 10. The fourth-order valence-corrected chi connectivity index (χ4v) is 3.21. The monoisotopic (exact) mass is 449 g/mol. The molecule has 0 aliphatic heterocycles. The molecule has 3 amide bonds. The summed E-state index contributed by atoms with van der Waals surface area (Å²) in [4.78, 5) is 40.1. The molecule has 2 atom stereocenters. The molecule has 0 saturated heterocycles. The Labute approximate surface area is 191 Å². The highest BCUT2D eigenvalue weighted by Gasteiger charge is 2.34. The second-order valence-electron chi connectivity index (χ2n) is 9.42. The number of ether oxygens (including phenoxy) is 1. The van der Waals surface area contributed by atoms with Crippen LogP contribution in [0.5, 0.6) is 5.75 Å². The zero-order valence-electron chi connectivity index (χ0n) is 20.4. The molecule has 2 unspecified atom stereocenters. The normalized spacial score (nSPS) is 13.2. The van der Waals surface area contributed by atoms with E-state index in [1.807, 2.05) is 20.8 Å². The van der Waals surface area contributed by atoms with E-state index >= 15 is 0 Å². The van der Waals surface area contributed by atoms with Crippen LogP contribution >= 0.6 is 0 Å². The molecule has 32 heavy (non-hydrogen) atoms. The summed E-state index contributed by atoms with van der Waals surface area (Å²) in [5.74, 6) is -0.524. The molecule has 1 aromatic carbocycles. The molecule has 180 valence electrons. The highest BCUT2D eigenvalue weighted by Crippen LogP contribution is 2.24. The maximum absolute atomic E-state index is 13.4. The van der Waals surface area contributed by atoms with Crippen molar-refractivity contribution >= 4 is 17.9 Å². The quantitative estimate of drug-likeness (QED) is 0.472. The Kier molecular flexibility index (Phi) is 10.5. The fourth-order valence-electron chi connectivity index (χ4n) is 3.21. The van der Waals surface area contributed by atoms with Crippen molar-refractivity contribution in [1.82, 2.24) is 15.5 Å². The molecular formula is C24H39N3O5. The van der Waals surface area contributed by atoms with Crippen molar-refractivity contribution in [3.63, 3.8) is 0 Å². The number of carbonyl (C=O) groups excluding carboxylic acids is 3. The first-order valence-corrected chi connectivity index (χ1v) is 11.2. The van der Waals surface area contributed by atoms with Crippen molar-refractivity contribution in [3.8, 4) is 5.75 Å². The third-order valence-electron chi connectivity index (χ3n) is 4.72. The number of unbranched alkanes of at least 4 members (excludes halogenated alkanes) is 1. The van der Waals surface area contributed by atoms with E-state index in [1.165, 1.54) is 17.0 Å². The Morgan fingerprint density at radius 3 is 2.22 bits per heavy atom. The van der Waals surface area contributed by atoms with E-state index in [9.17, 15) is 19.5 Å². The van der Waals surface area contributed by atoms with Crippen LogP contribution in [0.3, 0.4) is 0 Å². The van der Waals surface area contributed by atoms with E-state index in [4.69, 9.17) is 4.74 Å². The summed E-state index contributed by atoms with van der Waals surface area (Å²) in [5.41, 5.74) is -0.136. The first-order chi connectivity index (χ1) is 14.9. The molecule has 8 heteroatoms. The molecule has 3 N–H and O–H groups in total. The van der Waals surface area contributed by atoms with Gasteiger partial charge in [-0.2, -0.15) is 0 Å². The number of phenols is 1. The first-order valence-electron chi connectivity index (χ1n) is 11.2. The van der Waals surface area contributed by atoms with Crippen molar-refractivity contribution in [2.75, 3.05) is 13.6 Å². The summed E-state index contributed by atoms with van der Waals surface area (Å²) in [6, 6.07) is 4.42. The van der Waals surface area contributed by atoms with Crippen LogP contribution in [-0.2, 0) is 14.3 Å². The predicted molar refractivity (Wildman–Crippen MR) is 124 cm³/mol. The van der Waals surface area contributed by atoms with E-state index in [0.717, 1.165) is 12.8 Å². The van der Waals surface area contributed by atoms with Gasteiger partial charge in [0.15, 0.2) is 0 Å². The molecular weight excluding hydrogens is 410 g/mol. The number of phenolic OH excluding ortho intramolecular Hbond substituents is 1. The first kappa shape index (κ1) is 27.3. The molecule has 0 aliphatic carbocycles. The molecule has 0 aliphatic rings. The maximum Gasteiger partial charge on any atom is 0.408 e. The summed E-state index contributed by atoms with van der Waals surface area (Å²) >= 11 is 0. The number of nitrogens with zero attached hydrogens (tertiary/aromatic N) is 1. The van der Waals surface area contributed by atoms with Gasteiger partial charge in [0.2, 0.25) is 11.8 Å². The second-order valence-corrected chi connectivity index (χ2v) is 9.42. The van der Waals surface area contributed by atoms with Gasteiger partial charge in [0.1, 0.15) is 23.4 Å². The SMILES string of the molecule is CCCCNC(=O)C(c1ccc(O)cc1)N(C)C(=O)C(CC(C)C)NC(=O)OC(C)(C)C. The third kappa shape index (κ3) is 9.16. The number of nitrogens with one attached hydrogen (secondary N) is 2. The van der Waals surface area contributed by atoms with Crippen LogP contribution < -0.4 is 10.6 Å². The van der Waals surface area contributed by atoms with E-state index in [2.05, 4.69) is 10.6 Å². The minimum Gasteiger partial charge on any atom is -0.508 e. The zero-order chi connectivity index (χ0) is 24.5. The summed E-state index contributed by atoms with van der Waals surface area (Å²) < 4.78 is 5.32. The standard InChI is InChI=1S/C24H39N3O5/c1-8-9-14-25-21(29)20(17-10-12-18(28)13-11-17)27(7)22(30)19(15-16(2)3)26-23(31)32-24(4,5)6/h10-13,16,19-20,28H,8-9,14-15H2,1-7H3,(H,25,29)(H,26,31). The van der Waals surface area contributed by atoms with Gasteiger partial charge in [-0.3, -0.25) is 9.59 Å². The van der Waals surface area contributed by atoms with Crippen LogP contribution in [0.15, 0.2) is 24.3 Å². The maximum atomic E-state index is 13.4. The lowest BCUT2D eigenvalue weighted by Gasteiger charge is -2.32. The minimum absolute atomic E-state index is 0.0668. The molecule has 0 spiro atoms. The van der Waals surface area contributed by atoms with Crippen LogP contribution in [0, 0.1) is 5.92 Å². The highest BCUT2D eigenvalue weighted by molar-refractivity contribution is 5.92. The van der Waals surface area contributed by atoms with Crippen molar-refractivity contribution in [2.24, 2.45) is 5.92 Å². The van der Waals surface area contributed by atoms with Crippen LogP contribution in [0.1, 0.15) is 72.4 Å². The summed E-state index contributed by atoms with van der Waals surface area (Å²) in [6.07, 6.45) is 1.46. The number of aromatic hydroxyl groups is 1. The second kappa shape index (κ2) is 12.3. The van der Waals surface area contributed by atoms with Crippen LogP contribution in [-0.4, -0.2) is 53.1 Å². The van der Waals surface area contributed by atoms with Crippen molar-refractivity contribution in [1.29, 1.82) is 0 Å². The Morgan fingerprint density at radius 2 is 1.72 bits per heavy atom. The predicted octanol–water partition coefficient (Wildman–Crippen LogP) is 3.75. The Balaban J connectivity index is 3.17. The van der Waals surface area contributed by atoms with Crippen molar-refractivity contribution in [2.45, 2.75) is 78.5 Å². The van der Waals surface area contributed by atoms with Gasteiger partial charge in [0.05, 0.1) is 0 Å². The summed E-state index contributed by atoms with van der Waals surface area (Å²) in [7, 11) is 1.54. The molecule has 0 aromatic heterocycles. The molecule has 0 bridgehead atoms. The van der Waals surface area contributed by atoms with E-state index < -0.39 is 29.7 Å². The lowest BCUT2D eigenvalue weighted by Crippen LogP contribution is -2.52. The van der Waals surface area contributed by atoms with Crippen molar-refractivity contribution < 1.29 is 24.2 Å².